The first-order valence-corrected chi connectivity index (χ1v) is 5.53. The number of carbonyl (C=O) groups excluding carboxylic acids is 2. The standard InChI is InChI=1S/C12H5FO2S/c13-8-3-1-2-6-9(8)11(15)12-7(10(6)14)4-5-16-12/h1-5H. The smallest absolute Gasteiger partial charge is 0.207 e. The van der Waals surface area contributed by atoms with Crippen molar-refractivity contribution in [3.8, 4) is 0 Å². The van der Waals surface area contributed by atoms with E-state index in [0.29, 0.717) is 10.4 Å². The van der Waals surface area contributed by atoms with Gasteiger partial charge in [-0.05, 0) is 17.5 Å². The molecule has 1 aliphatic carbocycles. The normalized spacial score (nSPS) is 13.6. The summed E-state index contributed by atoms with van der Waals surface area (Å²) in [6.45, 7) is 0. The first-order chi connectivity index (χ1) is 7.70. The van der Waals surface area contributed by atoms with Crippen LogP contribution in [0.25, 0.3) is 0 Å². The third-order valence-corrected chi connectivity index (χ3v) is 3.51. The van der Waals surface area contributed by atoms with Crippen molar-refractivity contribution in [1.29, 1.82) is 0 Å². The highest BCUT2D eigenvalue weighted by Crippen LogP contribution is 2.31. The van der Waals surface area contributed by atoms with Crippen molar-refractivity contribution in [2.45, 2.75) is 0 Å². The molecule has 4 heteroatoms. The molecule has 78 valence electrons. The molecular formula is C12H5FO2S. The van der Waals surface area contributed by atoms with Crippen LogP contribution in [-0.4, -0.2) is 11.6 Å². The largest absolute Gasteiger partial charge is 0.289 e. The van der Waals surface area contributed by atoms with Crippen LogP contribution < -0.4 is 0 Å². The van der Waals surface area contributed by atoms with Crippen LogP contribution in [0.2, 0.25) is 0 Å². The highest BCUT2D eigenvalue weighted by molar-refractivity contribution is 7.12. The Hall–Kier alpha value is -1.81. The van der Waals surface area contributed by atoms with E-state index in [9.17, 15) is 14.0 Å². The molecule has 0 atom stereocenters. The third kappa shape index (κ3) is 1.05. The number of ketones is 2. The summed E-state index contributed by atoms with van der Waals surface area (Å²) in [5.74, 6) is -1.29. The fraction of sp³-hybridized carbons (Fsp3) is 0. The Kier molecular flexibility index (Phi) is 1.82. The van der Waals surface area contributed by atoms with E-state index in [0.717, 1.165) is 0 Å². The molecule has 0 fully saturated rings. The maximum absolute atomic E-state index is 13.5. The van der Waals surface area contributed by atoms with Gasteiger partial charge in [-0.25, -0.2) is 4.39 Å². The monoisotopic (exact) mass is 232 g/mol. The number of carbonyl (C=O) groups is 2. The van der Waals surface area contributed by atoms with E-state index in [1.807, 2.05) is 0 Å². The number of thiophene rings is 1. The second-order valence-electron chi connectivity index (χ2n) is 3.48. The zero-order valence-corrected chi connectivity index (χ0v) is 8.81. The zero-order valence-electron chi connectivity index (χ0n) is 7.99. The molecule has 3 rings (SSSR count). The molecule has 0 bridgehead atoms. The average Bonchev–Trinajstić information content (AvgIpc) is 2.75. The maximum atomic E-state index is 13.5. The molecule has 0 radical (unpaired) electrons. The van der Waals surface area contributed by atoms with Crippen molar-refractivity contribution < 1.29 is 14.0 Å². The molecule has 2 aromatic rings. The van der Waals surface area contributed by atoms with E-state index in [1.165, 1.54) is 29.5 Å². The minimum absolute atomic E-state index is 0.0950. The molecule has 1 aliphatic rings. The van der Waals surface area contributed by atoms with Gasteiger partial charge in [0, 0.05) is 11.1 Å². The van der Waals surface area contributed by atoms with E-state index in [2.05, 4.69) is 0 Å². The second kappa shape index (κ2) is 3.09. The molecular weight excluding hydrogens is 227 g/mol. The average molecular weight is 232 g/mol. The lowest BCUT2D eigenvalue weighted by molar-refractivity contribution is 0.0979. The number of hydrogen-bond acceptors (Lipinski definition) is 3. The van der Waals surface area contributed by atoms with Gasteiger partial charge < -0.3 is 0 Å². The summed E-state index contributed by atoms with van der Waals surface area (Å²) >= 11 is 1.17. The topological polar surface area (TPSA) is 34.1 Å². The second-order valence-corrected chi connectivity index (χ2v) is 4.40. The van der Waals surface area contributed by atoms with Gasteiger partial charge in [0.05, 0.1) is 10.4 Å². The summed E-state index contributed by atoms with van der Waals surface area (Å²) in [6.07, 6.45) is 0. The number of hydrogen-bond donors (Lipinski definition) is 0. The fourth-order valence-electron chi connectivity index (χ4n) is 1.87. The summed E-state index contributed by atoms with van der Waals surface area (Å²) < 4.78 is 13.5. The Bertz CT molecular complexity index is 628. The summed E-state index contributed by atoms with van der Waals surface area (Å²) in [7, 11) is 0. The van der Waals surface area contributed by atoms with Crippen LogP contribution in [0.15, 0.2) is 29.6 Å². The van der Waals surface area contributed by atoms with Gasteiger partial charge in [0.15, 0.2) is 5.78 Å². The first-order valence-electron chi connectivity index (χ1n) is 4.65. The maximum Gasteiger partial charge on any atom is 0.207 e. The zero-order chi connectivity index (χ0) is 11.3. The molecule has 1 aromatic carbocycles. The predicted octanol–water partition coefficient (Wildman–Crippen LogP) is 2.66. The molecule has 0 spiro atoms. The van der Waals surface area contributed by atoms with Crippen LogP contribution in [-0.2, 0) is 0 Å². The van der Waals surface area contributed by atoms with Crippen LogP contribution in [0.4, 0.5) is 4.39 Å². The van der Waals surface area contributed by atoms with Crippen LogP contribution in [0.3, 0.4) is 0 Å². The van der Waals surface area contributed by atoms with Gasteiger partial charge in [0.25, 0.3) is 0 Å². The van der Waals surface area contributed by atoms with Gasteiger partial charge in [-0.2, -0.15) is 0 Å². The van der Waals surface area contributed by atoms with E-state index >= 15 is 0 Å². The number of rotatable bonds is 0. The molecule has 2 nitrogen and oxygen atoms in total. The van der Waals surface area contributed by atoms with Crippen molar-refractivity contribution in [3.63, 3.8) is 0 Å². The lowest BCUT2D eigenvalue weighted by Crippen LogP contribution is -2.20. The SMILES string of the molecule is O=C1c2ccsc2C(=O)c2c(F)cccc21. The highest BCUT2D eigenvalue weighted by atomic mass is 32.1. The quantitative estimate of drug-likeness (QED) is 0.597. The van der Waals surface area contributed by atoms with Crippen LogP contribution in [0, 0.1) is 5.82 Å². The summed E-state index contributed by atoms with van der Waals surface area (Å²) in [6, 6.07) is 5.73. The Labute approximate surface area is 94.3 Å². The molecule has 0 unspecified atom stereocenters. The summed E-state index contributed by atoms with van der Waals surface area (Å²) in [5, 5.41) is 1.67. The first kappa shape index (κ1) is 9.42. The van der Waals surface area contributed by atoms with Crippen molar-refractivity contribution in [2.75, 3.05) is 0 Å². The summed E-state index contributed by atoms with van der Waals surface area (Å²) in [4.78, 5) is 24.2. The van der Waals surface area contributed by atoms with Crippen LogP contribution in [0.1, 0.15) is 31.2 Å². The third-order valence-electron chi connectivity index (χ3n) is 2.60. The molecule has 0 N–H and O–H groups in total. The molecule has 16 heavy (non-hydrogen) atoms. The molecule has 0 aliphatic heterocycles. The van der Waals surface area contributed by atoms with Gasteiger partial charge >= 0.3 is 0 Å². The van der Waals surface area contributed by atoms with Crippen LogP contribution in [0.5, 0.6) is 0 Å². The van der Waals surface area contributed by atoms with Crippen molar-refractivity contribution in [3.05, 3.63) is 57.0 Å². The van der Waals surface area contributed by atoms with Gasteiger partial charge in [-0.3, -0.25) is 9.59 Å². The number of halogens is 1. The minimum atomic E-state index is -0.630. The van der Waals surface area contributed by atoms with Gasteiger partial charge in [0.1, 0.15) is 5.82 Å². The highest BCUT2D eigenvalue weighted by Gasteiger charge is 2.32. The molecule has 0 saturated carbocycles. The van der Waals surface area contributed by atoms with Gasteiger partial charge in [-0.15, -0.1) is 11.3 Å². The lowest BCUT2D eigenvalue weighted by Gasteiger charge is -2.13. The van der Waals surface area contributed by atoms with E-state index < -0.39 is 11.6 Å². The van der Waals surface area contributed by atoms with Crippen molar-refractivity contribution in [1.82, 2.24) is 0 Å². The summed E-state index contributed by atoms with van der Waals surface area (Å²) in [5.41, 5.74) is 0.450. The Balaban J connectivity index is 2.38. The number of benzene rings is 1. The molecule has 0 amide bonds. The van der Waals surface area contributed by atoms with Crippen molar-refractivity contribution in [2.24, 2.45) is 0 Å². The molecule has 1 heterocycles. The van der Waals surface area contributed by atoms with E-state index in [-0.39, 0.29) is 16.9 Å². The Morgan fingerprint density at radius 1 is 1.00 bits per heavy atom. The fourth-order valence-corrected chi connectivity index (χ4v) is 2.70. The molecule has 1 aromatic heterocycles. The predicted molar refractivity (Wildman–Crippen MR) is 57.6 cm³/mol. The molecule has 0 saturated heterocycles. The van der Waals surface area contributed by atoms with E-state index in [4.69, 9.17) is 0 Å². The Morgan fingerprint density at radius 2 is 1.81 bits per heavy atom. The Morgan fingerprint density at radius 3 is 2.62 bits per heavy atom. The van der Waals surface area contributed by atoms with Crippen LogP contribution >= 0.6 is 11.3 Å². The van der Waals surface area contributed by atoms with Crippen molar-refractivity contribution >= 4 is 22.9 Å². The van der Waals surface area contributed by atoms with Gasteiger partial charge in [0.2, 0.25) is 5.78 Å². The van der Waals surface area contributed by atoms with E-state index in [1.54, 1.807) is 11.4 Å². The minimum Gasteiger partial charge on any atom is -0.289 e. The number of fused-ring (bicyclic) bond motifs is 2. The lowest BCUT2D eigenvalue weighted by atomic mass is 9.89. The van der Waals surface area contributed by atoms with Gasteiger partial charge in [-0.1, -0.05) is 12.1 Å².